The summed E-state index contributed by atoms with van der Waals surface area (Å²) in [6, 6.07) is 4.90. The fraction of sp³-hybridized carbons (Fsp3) is 0.385. The van der Waals surface area contributed by atoms with Crippen LogP contribution in [-0.2, 0) is 4.79 Å². The second-order valence-corrected chi connectivity index (χ2v) is 4.84. The first-order valence-electron chi connectivity index (χ1n) is 6.10. The second-order valence-electron chi connectivity index (χ2n) is 3.98. The summed E-state index contributed by atoms with van der Waals surface area (Å²) < 4.78 is 0.662. The van der Waals surface area contributed by atoms with E-state index in [0.29, 0.717) is 28.8 Å². The smallest absolute Gasteiger partial charge is 0.251 e. The molecule has 0 atom stereocenters. The largest absolute Gasteiger partial charge is 0.398 e. The van der Waals surface area contributed by atoms with Gasteiger partial charge in [0.25, 0.3) is 5.91 Å². The topological polar surface area (TPSA) is 75.4 Å². The Morgan fingerprint density at radius 2 is 1.95 bits per heavy atom. The number of nitrogens with two attached hydrogens (primary N) is 1. The van der Waals surface area contributed by atoms with Crippen molar-refractivity contribution in [2.24, 2.45) is 0 Å². The summed E-state index contributed by atoms with van der Waals surface area (Å²) in [6.07, 6.45) is 0. The highest BCUT2D eigenvalue weighted by atomic mass is 79.9. The van der Waals surface area contributed by atoms with Crippen molar-refractivity contribution in [1.29, 1.82) is 0 Å². The SMILES string of the molecule is CCN(CC)C(=O)CNC(=O)c1ccc(N)c(Br)c1. The zero-order chi connectivity index (χ0) is 14.4. The van der Waals surface area contributed by atoms with Crippen LogP contribution in [0.25, 0.3) is 0 Å². The minimum absolute atomic E-state index is 0.00249. The monoisotopic (exact) mass is 327 g/mol. The molecule has 0 unspecified atom stereocenters. The number of carbonyl (C=O) groups is 2. The zero-order valence-corrected chi connectivity index (χ0v) is 12.7. The first-order chi connectivity index (χ1) is 8.99. The van der Waals surface area contributed by atoms with Gasteiger partial charge in [-0.2, -0.15) is 0 Å². The number of carbonyl (C=O) groups excluding carboxylic acids is 2. The van der Waals surface area contributed by atoms with Gasteiger partial charge in [0, 0.05) is 28.8 Å². The van der Waals surface area contributed by atoms with E-state index in [1.54, 1.807) is 23.1 Å². The molecule has 0 aliphatic rings. The number of likely N-dealkylation sites (N-methyl/N-ethyl adjacent to an activating group) is 1. The first-order valence-corrected chi connectivity index (χ1v) is 6.89. The van der Waals surface area contributed by atoms with E-state index in [-0.39, 0.29) is 18.4 Å². The van der Waals surface area contributed by atoms with Crippen LogP contribution >= 0.6 is 15.9 Å². The molecule has 104 valence electrons. The Morgan fingerprint density at radius 1 is 1.32 bits per heavy atom. The number of hydrogen-bond donors (Lipinski definition) is 2. The van der Waals surface area contributed by atoms with Gasteiger partial charge in [-0.05, 0) is 48.0 Å². The molecular formula is C13H18BrN3O2. The standard InChI is InChI=1S/C13H18BrN3O2/c1-3-17(4-2)12(18)8-16-13(19)9-5-6-11(15)10(14)7-9/h5-7H,3-4,8,15H2,1-2H3,(H,16,19). The number of rotatable bonds is 5. The van der Waals surface area contributed by atoms with Gasteiger partial charge in [0.1, 0.15) is 0 Å². The van der Waals surface area contributed by atoms with Crippen molar-refractivity contribution in [2.75, 3.05) is 25.4 Å². The van der Waals surface area contributed by atoms with Gasteiger partial charge in [-0.25, -0.2) is 0 Å². The molecule has 2 amide bonds. The summed E-state index contributed by atoms with van der Waals surface area (Å²) in [4.78, 5) is 25.3. The molecule has 0 aliphatic heterocycles. The molecule has 1 rings (SSSR count). The normalized spacial score (nSPS) is 10.1. The molecule has 1 aromatic rings. The summed E-state index contributed by atoms with van der Waals surface area (Å²) in [5, 5.41) is 2.60. The Bertz CT molecular complexity index is 473. The minimum atomic E-state index is -0.291. The fourth-order valence-corrected chi connectivity index (χ4v) is 1.99. The van der Waals surface area contributed by atoms with Crippen molar-refractivity contribution in [3.05, 3.63) is 28.2 Å². The molecular weight excluding hydrogens is 310 g/mol. The number of nitrogen functional groups attached to an aromatic ring is 1. The Hall–Kier alpha value is -1.56. The molecule has 0 bridgehead atoms. The fourth-order valence-electron chi connectivity index (χ4n) is 1.61. The van der Waals surface area contributed by atoms with Crippen molar-refractivity contribution in [3.63, 3.8) is 0 Å². The van der Waals surface area contributed by atoms with Crippen molar-refractivity contribution >= 4 is 33.4 Å². The van der Waals surface area contributed by atoms with Crippen LogP contribution in [0.4, 0.5) is 5.69 Å². The summed E-state index contributed by atoms with van der Waals surface area (Å²) in [5.41, 5.74) is 6.68. The van der Waals surface area contributed by atoms with Gasteiger partial charge in [0.05, 0.1) is 6.54 Å². The van der Waals surface area contributed by atoms with E-state index in [2.05, 4.69) is 21.2 Å². The van der Waals surface area contributed by atoms with Crippen LogP contribution in [-0.4, -0.2) is 36.3 Å². The van der Waals surface area contributed by atoms with Crippen molar-refractivity contribution in [2.45, 2.75) is 13.8 Å². The van der Waals surface area contributed by atoms with Crippen molar-refractivity contribution in [1.82, 2.24) is 10.2 Å². The average Bonchev–Trinajstić information content (AvgIpc) is 2.40. The van der Waals surface area contributed by atoms with E-state index in [9.17, 15) is 9.59 Å². The lowest BCUT2D eigenvalue weighted by atomic mass is 10.2. The number of halogens is 1. The maximum atomic E-state index is 11.9. The molecule has 19 heavy (non-hydrogen) atoms. The number of benzene rings is 1. The maximum absolute atomic E-state index is 11.9. The lowest BCUT2D eigenvalue weighted by molar-refractivity contribution is -0.129. The third-order valence-electron chi connectivity index (χ3n) is 2.78. The maximum Gasteiger partial charge on any atom is 0.251 e. The van der Waals surface area contributed by atoms with Gasteiger partial charge in [-0.3, -0.25) is 9.59 Å². The van der Waals surface area contributed by atoms with Gasteiger partial charge in [-0.15, -0.1) is 0 Å². The van der Waals surface area contributed by atoms with Crippen LogP contribution in [0.1, 0.15) is 24.2 Å². The Morgan fingerprint density at radius 3 is 2.47 bits per heavy atom. The predicted molar refractivity (Wildman–Crippen MR) is 78.8 cm³/mol. The Kier molecular flexibility index (Phi) is 5.82. The highest BCUT2D eigenvalue weighted by Crippen LogP contribution is 2.20. The number of nitrogens with one attached hydrogen (secondary N) is 1. The molecule has 1 aromatic carbocycles. The van der Waals surface area contributed by atoms with Gasteiger partial charge in [0.15, 0.2) is 0 Å². The number of nitrogens with zero attached hydrogens (tertiary/aromatic N) is 1. The second kappa shape index (κ2) is 7.13. The Balaban J connectivity index is 2.60. The van der Waals surface area contributed by atoms with Crippen LogP contribution in [0, 0.1) is 0 Å². The molecule has 0 aliphatic carbocycles. The zero-order valence-electron chi connectivity index (χ0n) is 11.1. The molecule has 0 spiro atoms. The molecule has 0 fully saturated rings. The summed E-state index contributed by atoms with van der Waals surface area (Å²) in [5.74, 6) is -0.380. The molecule has 0 radical (unpaired) electrons. The van der Waals surface area contributed by atoms with Crippen molar-refractivity contribution in [3.8, 4) is 0 Å². The van der Waals surface area contributed by atoms with E-state index in [0.717, 1.165) is 0 Å². The molecule has 6 heteroatoms. The lowest BCUT2D eigenvalue weighted by Gasteiger charge is -2.18. The molecule has 3 N–H and O–H groups in total. The van der Waals surface area contributed by atoms with Crippen LogP contribution in [0.3, 0.4) is 0 Å². The van der Waals surface area contributed by atoms with Gasteiger partial charge < -0.3 is 16.0 Å². The average molecular weight is 328 g/mol. The van der Waals surface area contributed by atoms with Gasteiger partial charge >= 0.3 is 0 Å². The van der Waals surface area contributed by atoms with E-state index in [1.165, 1.54) is 0 Å². The van der Waals surface area contributed by atoms with E-state index in [4.69, 9.17) is 5.73 Å². The number of amides is 2. The first kappa shape index (κ1) is 15.5. The van der Waals surface area contributed by atoms with Crippen LogP contribution in [0.15, 0.2) is 22.7 Å². The Labute approximate surface area is 121 Å². The van der Waals surface area contributed by atoms with Crippen LogP contribution in [0.2, 0.25) is 0 Å². The lowest BCUT2D eigenvalue weighted by Crippen LogP contribution is -2.40. The molecule has 5 nitrogen and oxygen atoms in total. The third-order valence-corrected chi connectivity index (χ3v) is 3.47. The summed E-state index contributed by atoms with van der Waals surface area (Å²) in [6.45, 7) is 5.08. The number of hydrogen-bond acceptors (Lipinski definition) is 3. The highest BCUT2D eigenvalue weighted by molar-refractivity contribution is 9.10. The van der Waals surface area contributed by atoms with Gasteiger partial charge in [-0.1, -0.05) is 0 Å². The van der Waals surface area contributed by atoms with Gasteiger partial charge in [0.2, 0.25) is 5.91 Å². The molecule has 0 saturated carbocycles. The third kappa shape index (κ3) is 4.24. The molecule has 0 aromatic heterocycles. The number of anilines is 1. The molecule has 0 saturated heterocycles. The quantitative estimate of drug-likeness (QED) is 0.807. The summed E-state index contributed by atoms with van der Waals surface area (Å²) in [7, 11) is 0. The minimum Gasteiger partial charge on any atom is -0.398 e. The van der Waals surface area contributed by atoms with Crippen molar-refractivity contribution < 1.29 is 9.59 Å². The highest BCUT2D eigenvalue weighted by Gasteiger charge is 2.12. The predicted octanol–water partition coefficient (Wildman–Crippen LogP) is 1.63. The van der Waals surface area contributed by atoms with Crippen LogP contribution < -0.4 is 11.1 Å². The summed E-state index contributed by atoms with van der Waals surface area (Å²) >= 11 is 3.26. The van der Waals surface area contributed by atoms with E-state index >= 15 is 0 Å². The molecule has 0 heterocycles. The van der Waals surface area contributed by atoms with E-state index in [1.807, 2.05) is 13.8 Å². The van der Waals surface area contributed by atoms with Crippen LogP contribution in [0.5, 0.6) is 0 Å². The van der Waals surface area contributed by atoms with E-state index < -0.39 is 0 Å².